The Hall–Kier alpha value is -3.13. The summed E-state index contributed by atoms with van der Waals surface area (Å²) in [7, 11) is -5.44. The van der Waals surface area contributed by atoms with Gasteiger partial charge in [0.25, 0.3) is 10.0 Å². The molecule has 0 saturated heterocycles. The maximum absolute atomic E-state index is 15.8. The lowest BCUT2D eigenvalue weighted by Gasteiger charge is -2.26. The number of rotatable bonds is 10. The summed E-state index contributed by atoms with van der Waals surface area (Å²) >= 11 is 5.94. The van der Waals surface area contributed by atoms with Gasteiger partial charge in [0, 0.05) is 57.0 Å². The summed E-state index contributed by atoms with van der Waals surface area (Å²) < 4.78 is 68.8. The van der Waals surface area contributed by atoms with Crippen LogP contribution >= 0.6 is 11.6 Å². The van der Waals surface area contributed by atoms with Crippen molar-refractivity contribution >= 4 is 35.4 Å². The molecule has 0 aliphatic carbocycles. The van der Waals surface area contributed by atoms with E-state index in [-0.39, 0.29) is 33.4 Å². The highest BCUT2D eigenvalue weighted by atomic mass is 35.5. The maximum Gasteiger partial charge on any atom is 0.263 e. The number of nitrogens with zero attached hydrogens (tertiary/aromatic N) is 5. The van der Waals surface area contributed by atoms with Gasteiger partial charge in [-0.1, -0.05) is 31.2 Å². The Morgan fingerprint density at radius 3 is 2.74 bits per heavy atom. The molecule has 1 unspecified atom stereocenters. The van der Waals surface area contributed by atoms with E-state index in [1.54, 1.807) is 12.5 Å². The summed E-state index contributed by atoms with van der Waals surface area (Å²) in [5.41, 5.74) is 1.31. The van der Waals surface area contributed by atoms with E-state index in [1.807, 2.05) is 15.3 Å². The van der Waals surface area contributed by atoms with Crippen molar-refractivity contribution in [2.75, 3.05) is 11.3 Å². The van der Waals surface area contributed by atoms with Gasteiger partial charge in [-0.2, -0.15) is 0 Å². The second kappa shape index (κ2) is 11.9. The molecule has 4 aromatic rings. The molecule has 0 radical (unpaired) electrons. The summed E-state index contributed by atoms with van der Waals surface area (Å²) in [6, 6.07) is 4.45. The minimum atomic E-state index is -4.23. The molecule has 0 saturated carbocycles. The molecule has 1 aliphatic rings. The van der Waals surface area contributed by atoms with Crippen LogP contribution in [0.15, 0.2) is 48.0 Å². The average Bonchev–Trinajstić information content (AvgIpc) is 3.55. The molecule has 9 nitrogen and oxygen atoms in total. The highest BCUT2D eigenvalue weighted by Crippen LogP contribution is 2.37. The number of aryl methyl sites for hydroxylation is 1. The van der Waals surface area contributed by atoms with E-state index in [0.717, 1.165) is 23.9 Å². The van der Waals surface area contributed by atoms with Crippen molar-refractivity contribution in [3.8, 4) is 11.5 Å². The molecule has 14 heteroatoms. The minimum Gasteiger partial charge on any atom is -0.361 e. The van der Waals surface area contributed by atoms with Gasteiger partial charge in [-0.25, -0.2) is 27.2 Å². The molecule has 0 fully saturated rings. The summed E-state index contributed by atoms with van der Waals surface area (Å²) in [5, 5.41) is 0.121. The largest absolute Gasteiger partial charge is 0.361 e. The maximum atomic E-state index is 15.8. The first-order chi connectivity index (χ1) is 19.8. The van der Waals surface area contributed by atoms with Crippen molar-refractivity contribution in [2.45, 2.75) is 69.5 Å². The molecular formula is C28H33ClF2N6O3SSi. The number of pyridine rings is 1. The lowest BCUT2D eigenvalue weighted by molar-refractivity contribution is 0.0882. The smallest absolute Gasteiger partial charge is 0.263 e. The van der Waals surface area contributed by atoms with Gasteiger partial charge in [0.1, 0.15) is 23.1 Å². The van der Waals surface area contributed by atoms with Gasteiger partial charge in [-0.05, 0) is 44.0 Å². The van der Waals surface area contributed by atoms with Crippen LogP contribution in [0.1, 0.15) is 29.3 Å². The van der Waals surface area contributed by atoms with E-state index in [9.17, 15) is 8.42 Å². The average molecular weight is 635 g/mol. The quantitative estimate of drug-likeness (QED) is 0.164. The van der Waals surface area contributed by atoms with Crippen molar-refractivity contribution in [1.82, 2.24) is 24.1 Å². The van der Waals surface area contributed by atoms with Crippen LogP contribution in [0, 0.1) is 18.6 Å². The summed E-state index contributed by atoms with van der Waals surface area (Å²) in [4.78, 5) is 12.9. The first-order valence-corrected chi connectivity index (χ1v) is 19.2. The number of halogens is 3. The molecule has 0 spiro atoms. The fraction of sp³-hybridized carbons (Fsp3) is 0.393. The van der Waals surface area contributed by atoms with Gasteiger partial charge in [-0.15, -0.1) is 0 Å². The number of aromatic nitrogens is 5. The third-order valence-corrected chi connectivity index (χ3v) is 10.7. The van der Waals surface area contributed by atoms with E-state index >= 15 is 8.78 Å². The lowest BCUT2D eigenvalue weighted by Crippen LogP contribution is -2.22. The number of fused-ring (bicyclic) bond motifs is 1. The molecule has 5 rings (SSSR count). The Labute approximate surface area is 250 Å². The number of ether oxygens (including phenoxy) is 1. The summed E-state index contributed by atoms with van der Waals surface area (Å²) in [6.07, 6.45) is 7.46. The Kier molecular flexibility index (Phi) is 8.57. The number of benzene rings is 1. The van der Waals surface area contributed by atoms with E-state index in [4.69, 9.17) is 16.3 Å². The standard InChI is InChI=1S/C28H33ClF2N6O3SSi/c1-18-24(13-20(29)14-33-18)41(38,39)35-22-7-6-21(30)25(26(22)31)19-5-8-23-27(34-16-37(23)15-19)28-32-9-10-36(28)17-40-11-12-42(2,3)4/h6-7,9-10,13-14,16,19,35H,5,8,11-12,15,17H2,1-4H3. The zero-order valence-corrected chi connectivity index (χ0v) is 26.4. The molecule has 3 aromatic heterocycles. The highest BCUT2D eigenvalue weighted by molar-refractivity contribution is 7.92. The number of anilines is 1. The van der Waals surface area contributed by atoms with Gasteiger partial charge in [0.05, 0.1) is 22.7 Å². The SMILES string of the molecule is Cc1ncc(Cl)cc1S(=O)(=O)Nc1ccc(F)c(C2CCc3c(-c4nccn4COCC[Si](C)(C)C)ncn3C2)c1F. The molecule has 42 heavy (non-hydrogen) atoms. The zero-order valence-electron chi connectivity index (χ0n) is 23.9. The third-order valence-electron chi connectivity index (χ3n) is 7.32. The van der Waals surface area contributed by atoms with Crippen molar-refractivity contribution in [3.63, 3.8) is 0 Å². The van der Waals surface area contributed by atoms with E-state index in [1.165, 1.54) is 19.2 Å². The molecular weight excluding hydrogens is 602 g/mol. The minimum absolute atomic E-state index is 0.121. The number of hydrogen-bond donors (Lipinski definition) is 1. The van der Waals surface area contributed by atoms with E-state index in [0.29, 0.717) is 37.7 Å². The lowest BCUT2D eigenvalue weighted by atomic mass is 9.89. The first kappa shape index (κ1) is 30.3. The highest BCUT2D eigenvalue weighted by Gasteiger charge is 2.31. The van der Waals surface area contributed by atoms with Crippen molar-refractivity contribution in [3.05, 3.63) is 76.7 Å². The van der Waals surface area contributed by atoms with Crippen LogP contribution in [0.3, 0.4) is 0 Å². The molecule has 0 amide bonds. The third kappa shape index (κ3) is 6.43. The second-order valence-corrected chi connectivity index (χ2v) is 19.4. The Morgan fingerprint density at radius 1 is 1.19 bits per heavy atom. The van der Waals surface area contributed by atoms with Crippen LogP contribution < -0.4 is 4.72 Å². The van der Waals surface area contributed by atoms with Crippen LogP contribution in [0.25, 0.3) is 11.5 Å². The molecule has 1 atom stereocenters. The normalized spacial score (nSPS) is 15.5. The van der Waals surface area contributed by atoms with Gasteiger partial charge < -0.3 is 13.9 Å². The first-order valence-electron chi connectivity index (χ1n) is 13.6. The van der Waals surface area contributed by atoms with E-state index < -0.39 is 35.6 Å². The Bertz CT molecular complexity index is 1720. The van der Waals surface area contributed by atoms with Crippen LogP contribution in [0.4, 0.5) is 14.5 Å². The number of imidazole rings is 2. The molecule has 1 N–H and O–H groups in total. The van der Waals surface area contributed by atoms with Crippen LogP contribution in [0.2, 0.25) is 30.7 Å². The predicted molar refractivity (Wildman–Crippen MR) is 160 cm³/mol. The predicted octanol–water partition coefficient (Wildman–Crippen LogP) is 6.22. The van der Waals surface area contributed by atoms with Crippen LogP contribution in [-0.4, -0.2) is 47.2 Å². The van der Waals surface area contributed by atoms with Gasteiger partial charge in [0.15, 0.2) is 11.6 Å². The molecule has 4 heterocycles. The van der Waals surface area contributed by atoms with Gasteiger partial charge in [0.2, 0.25) is 0 Å². The Balaban J connectivity index is 1.35. The van der Waals surface area contributed by atoms with Crippen molar-refractivity contribution in [1.29, 1.82) is 0 Å². The monoisotopic (exact) mass is 634 g/mol. The van der Waals surface area contributed by atoms with Crippen LogP contribution in [0.5, 0.6) is 0 Å². The molecule has 1 aromatic carbocycles. The Morgan fingerprint density at radius 2 is 1.98 bits per heavy atom. The fourth-order valence-corrected chi connectivity index (χ4v) is 7.30. The molecule has 224 valence electrons. The molecule has 0 bridgehead atoms. The number of nitrogens with one attached hydrogen (secondary N) is 1. The van der Waals surface area contributed by atoms with Crippen molar-refractivity contribution < 1.29 is 21.9 Å². The topological polar surface area (TPSA) is 104 Å². The number of hydrogen-bond acceptors (Lipinski definition) is 6. The summed E-state index contributed by atoms with van der Waals surface area (Å²) in [6.45, 7) is 9.72. The van der Waals surface area contributed by atoms with E-state index in [2.05, 4.69) is 39.3 Å². The van der Waals surface area contributed by atoms with Crippen LogP contribution in [-0.2, 0) is 34.5 Å². The number of sulfonamides is 1. The zero-order chi connectivity index (χ0) is 30.2. The van der Waals surface area contributed by atoms with Gasteiger partial charge >= 0.3 is 0 Å². The fourth-order valence-electron chi connectivity index (χ4n) is 5.04. The van der Waals surface area contributed by atoms with Crippen molar-refractivity contribution in [2.24, 2.45) is 0 Å². The van der Waals surface area contributed by atoms with Gasteiger partial charge in [-0.3, -0.25) is 9.71 Å². The summed E-state index contributed by atoms with van der Waals surface area (Å²) in [5.74, 6) is -1.56. The molecule has 1 aliphatic heterocycles. The second-order valence-electron chi connectivity index (χ2n) is 11.7.